The van der Waals surface area contributed by atoms with E-state index in [-0.39, 0.29) is 12.1 Å². The average molecular weight is 221 g/mol. The molecule has 0 aliphatic rings. The normalized spacial score (nSPS) is 11.3. The molecule has 16 heavy (non-hydrogen) atoms. The SMILES string of the molecule is CC(C)NC(=O)NC(C)(C)c1cccnc1. The van der Waals surface area contributed by atoms with Crippen molar-refractivity contribution in [1.82, 2.24) is 15.6 Å². The highest BCUT2D eigenvalue weighted by atomic mass is 16.2. The van der Waals surface area contributed by atoms with E-state index in [0.717, 1.165) is 5.56 Å². The lowest BCUT2D eigenvalue weighted by atomic mass is 9.96. The fourth-order valence-electron chi connectivity index (χ4n) is 1.39. The van der Waals surface area contributed by atoms with Gasteiger partial charge in [-0.1, -0.05) is 6.07 Å². The second-order valence-electron chi connectivity index (χ2n) is 4.62. The van der Waals surface area contributed by atoms with Crippen molar-refractivity contribution in [2.24, 2.45) is 0 Å². The third kappa shape index (κ3) is 3.53. The first-order valence-electron chi connectivity index (χ1n) is 5.41. The molecule has 0 unspecified atom stereocenters. The van der Waals surface area contributed by atoms with Crippen LogP contribution in [0.3, 0.4) is 0 Å². The molecule has 0 radical (unpaired) electrons. The first kappa shape index (κ1) is 12.5. The van der Waals surface area contributed by atoms with E-state index in [4.69, 9.17) is 0 Å². The number of rotatable bonds is 3. The summed E-state index contributed by atoms with van der Waals surface area (Å²) in [5, 5.41) is 5.71. The van der Waals surface area contributed by atoms with Crippen LogP contribution in [-0.2, 0) is 5.54 Å². The summed E-state index contributed by atoms with van der Waals surface area (Å²) in [6.45, 7) is 7.75. The Morgan fingerprint density at radius 2 is 2.12 bits per heavy atom. The van der Waals surface area contributed by atoms with Gasteiger partial charge in [-0.15, -0.1) is 0 Å². The van der Waals surface area contributed by atoms with Crippen LogP contribution in [-0.4, -0.2) is 17.1 Å². The maximum Gasteiger partial charge on any atom is 0.315 e. The van der Waals surface area contributed by atoms with Crippen molar-refractivity contribution in [1.29, 1.82) is 0 Å². The number of hydrogen-bond donors (Lipinski definition) is 2. The predicted molar refractivity (Wildman–Crippen MR) is 64.1 cm³/mol. The number of nitrogens with one attached hydrogen (secondary N) is 2. The van der Waals surface area contributed by atoms with Crippen LogP contribution in [0.1, 0.15) is 33.3 Å². The molecule has 0 atom stereocenters. The van der Waals surface area contributed by atoms with Gasteiger partial charge in [-0.25, -0.2) is 4.79 Å². The van der Waals surface area contributed by atoms with Gasteiger partial charge in [0, 0.05) is 18.4 Å². The van der Waals surface area contributed by atoms with Crippen molar-refractivity contribution >= 4 is 6.03 Å². The predicted octanol–water partition coefficient (Wildman–Crippen LogP) is 2.02. The molecular weight excluding hydrogens is 202 g/mol. The molecule has 1 aromatic heterocycles. The van der Waals surface area contributed by atoms with Gasteiger partial charge in [0.15, 0.2) is 0 Å². The van der Waals surface area contributed by atoms with Crippen LogP contribution in [0.4, 0.5) is 4.79 Å². The van der Waals surface area contributed by atoms with E-state index in [1.165, 1.54) is 0 Å². The van der Waals surface area contributed by atoms with E-state index in [1.54, 1.807) is 12.4 Å². The lowest BCUT2D eigenvalue weighted by Crippen LogP contribution is -2.48. The fourth-order valence-corrected chi connectivity index (χ4v) is 1.39. The summed E-state index contributed by atoms with van der Waals surface area (Å²) >= 11 is 0. The van der Waals surface area contributed by atoms with Crippen LogP contribution >= 0.6 is 0 Å². The van der Waals surface area contributed by atoms with E-state index in [2.05, 4.69) is 15.6 Å². The third-order valence-electron chi connectivity index (χ3n) is 2.23. The zero-order valence-corrected chi connectivity index (χ0v) is 10.2. The Balaban J connectivity index is 2.69. The third-order valence-corrected chi connectivity index (χ3v) is 2.23. The minimum Gasteiger partial charge on any atom is -0.336 e. The van der Waals surface area contributed by atoms with Gasteiger partial charge in [0.2, 0.25) is 0 Å². The van der Waals surface area contributed by atoms with Crippen molar-refractivity contribution in [2.75, 3.05) is 0 Å². The fraction of sp³-hybridized carbons (Fsp3) is 0.500. The molecule has 0 spiro atoms. The van der Waals surface area contributed by atoms with Gasteiger partial charge < -0.3 is 10.6 Å². The first-order chi connectivity index (χ1) is 7.42. The standard InChI is InChI=1S/C12H19N3O/c1-9(2)14-11(16)15-12(3,4)10-6-5-7-13-8-10/h5-9H,1-4H3,(H2,14,15,16). The smallest absolute Gasteiger partial charge is 0.315 e. The molecule has 0 aliphatic heterocycles. The largest absolute Gasteiger partial charge is 0.336 e. The summed E-state index contributed by atoms with van der Waals surface area (Å²) in [6.07, 6.45) is 3.48. The maximum atomic E-state index is 11.6. The minimum absolute atomic E-state index is 0.129. The van der Waals surface area contributed by atoms with Crippen LogP contribution in [0, 0.1) is 0 Å². The number of pyridine rings is 1. The van der Waals surface area contributed by atoms with E-state index >= 15 is 0 Å². The van der Waals surface area contributed by atoms with Gasteiger partial charge in [0.1, 0.15) is 0 Å². The molecule has 88 valence electrons. The van der Waals surface area contributed by atoms with E-state index in [1.807, 2.05) is 39.8 Å². The lowest BCUT2D eigenvalue weighted by Gasteiger charge is -2.27. The first-order valence-corrected chi connectivity index (χ1v) is 5.41. The summed E-state index contributed by atoms with van der Waals surface area (Å²) in [5.74, 6) is 0. The van der Waals surface area contributed by atoms with Gasteiger partial charge in [0.05, 0.1) is 5.54 Å². The number of hydrogen-bond acceptors (Lipinski definition) is 2. The van der Waals surface area contributed by atoms with E-state index in [9.17, 15) is 4.79 Å². The molecule has 0 saturated carbocycles. The van der Waals surface area contributed by atoms with Crippen LogP contribution in [0.5, 0.6) is 0 Å². The van der Waals surface area contributed by atoms with E-state index < -0.39 is 5.54 Å². The van der Waals surface area contributed by atoms with Crippen LogP contribution in [0.15, 0.2) is 24.5 Å². The second-order valence-corrected chi connectivity index (χ2v) is 4.62. The number of urea groups is 1. The molecule has 1 aromatic rings. The Labute approximate surface area is 96.5 Å². The maximum absolute atomic E-state index is 11.6. The molecule has 2 N–H and O–H groups in total. The molecule has 1 heterocycles. The summed E-state index contributed by atoms with van der Waals surface area (Å²) in [5.41, 5.74) is 0.557. The molecule has 2 amide bonds. The van der Waals surface area contributed by atoms with Crippen molar-refractivity contribution in [2.45, 2.75) is 39.3 Å². The molecule has 0 bridgehead atoms. The summed E-state index contributed by atoms with van der Waals surface area (Å²) in [7, 11) is 0. The number of amides is 2. The van der Waals surface area contributed by atoms with Crippen molar-refractivity contribution in [3.63, 3.8) is 0 Å². The zero-order valence-electron chi connectivity index (χ0n) is 10.2. The monoisotopic (exact) mass is 221 g/mol. The summed E-state index contributed by atoms with van der Waals surface area (Å²) in [4.78, 5) is 15.6. The number of carbonyl (C=O) groups is 1. The Kier molecular flexibility index (Phi) is 3.88. The van der Waals surface area contributed by atoms with Crippen LogP contribution < -0.4 is 10.6 Å². The molecule has 1 rings (SSSR count). The average Bonchev–Trinajstić information content (AvgIpc) is 2.16. The Morgan fingerprint density at radius 1 is 1.44 bits per heavy atom. The van der Waals surface area contributed by atoms with Gasteiger partial charge in [-0.05, 0) is 39.3 Å². The highest BCUT2D eigenvalue weighted by Crippen LogP contribution is 2.18. The molecule has 4 heteroatoms. The quantitative estimate of drug-likeness (QED) is 0.820. The highest BCUT2D eigenvalue weighted by molar-refractivity contribution is 5.75. The highest BCUT2D eigenvalue weighted by Gasteiger charge is 2.22. The van der Waals surface area contributed by atoms with Crippen LogP contribution in [0.2, 0.25) is 0 Å². The second kappa shape index (κ2) is 4.96. The lowest BCUT2D eigenvalue weighted by molar-refractivity contribution is 0.227. The van der Waals surface area contributed by atoms with Gasteiger partial charge >= 0.3 is 6.03 Å². The number of nitrogens with zero attached hydrogens (tertiary/aromatic N) is 1. The van der Waals surface area contributed by atoms with Crippen LogP contribution in [0.25, 0.3) is 0 Å². The molecule has 0 aliphatic carbocycles. The Bertz CT molecular complexity index is 347. The van der Waals surface area contributed by atoms with E-state index in [0.29, 0.717) is 0 Å². The Hall–Kier alpha value is -1.58. The van der Waals surface area contributed by atoms with Crippen molar-refractivity contribution in [3.8, 4) is 0 Å². The summed E-state index contributed by atoms with van der Waals surface area (Å²) in [6, 6.07) is 3.77. The van der Waals surface area contributed by atoms with Gasteiger partial charge in [-0.3, -0.25) is 4.98 Å². The molecular formula is C12H19N3O. The molecule has 0 saturated heterocycles. The topological polar surface area (TPSA) is 54.0 Å². The van der Waals surface area contributed by atoms with Gasteiger partial charge in [0.25, 0.3) is 0 Å². The molecule has 0 aromatic carbocycles. The zero-order chi connectivity index (χ0) is 12.2. The molecule has 4 nitrogen and oxygen atoms in total. The number of aromatic nitrogens is 1. The minimum atomic E-state index is -0.423. The van der Waals surface area contributed by atoms with Crippen molar-refractivity contribution < 1.29 is 4.79 Å². The van der Waals surface area contributed by atoms with Crippen molar-refractivity contribution in [3.05, 3.63) is 30.1 Å². The summed E-state index contributed by atoms with van der Waals surface area (Å²) < 4.78 is 0. The number of carbonyl (C=O) groups excluding carboxylic acids is 1. The van der Waals surface area contributed by atoms with Gasteiger partial charge in [-0.2, -0.15) is 0 Å². The Morgan fingerprint density at radius 3 is 2.62 bits per heavy atom. The molecule has 0 fully saturated rings.